The number of amides is 1. The summed E-state index contributed by atoms with van der Waals surface area (Å²) in [6, 6.07) is 7.97. The van der Waals surface area contributed by atoms with Gasteiger partial charge < -0.3 is 29.7 Å². The summed E-state index contributed by atoms with van der Waals surface area (Å²) in [4.78, 5) is 22.8. The fourth-order valence-electron chi connectivity index (χ4n) is 3.57. The summed E-state index contributed by atoms with van der Waals surface area (Å²) in [5.74, 6) is 1.34. The number of nitrogens with zero attached hydrogens (tertiary/aromatic N) is 4. The second-order valence-corrected chi connectivity index (χ2v) is 9.08. The average Bonchev–Trinajstić information content (AvgIpc) is 2.77. The van der Waals surface area contributed by atoms with Gasteiger partial charge in [0.25, 0.3) is 0 Å². The minimum atomic E-state index is -0.491. The number of guanidine groups is 1. The monoisotopic (exact) mass is 447 g/mol. The lowest BCUT2D eigenvalue weighted by Gasteiger charge is -2.36. The van der Waals surface area contributed by atoms with Crippen LogP contribution in [0.5, 0.6) is 5.75 Å². The lowest BCUT2D eigenvalue weighted by Crippen LogP contribution is -2.53. The molecule has 0 unspecified atom stereocenters. The number of aliphatic imine (C=N–C) groups is 1. The van der Waals surface area contributed by atoms with Crippen molar-refractivity contribution in [1.82, 2.24) is 14.7 Å². The molecule has 32 heavy (non-hydrogen) atoms. The molecular formula is C23H37N5O4. The third-order valence-electron chi connectivity index (χ3n) is 5.36. The summed E-state index contributed by atoms with van der Waals surface area (Å²) in [7, 11) is 0. The van der Waals surface area contributed by atoms with Crippen LogP contribution in [0.4, 0.5) is 4.79 Å². The third kappa shape index (κ3) is 7.87. The lowest BCUT2D eigenvalue weighted by molar-refractivity contribution is 0.0186. The van der Waals surface area contributed by atoms with Crippen LogP contribution in [0.1, 0.15) is 26.3 Å². The number of morpholine rings is 1. The Balaban J connectivity index is 1.42. The van der Waals surface area contributed by atoms with Crippen molar-refractivity contribution in [1.29, 1.82) is 0 Å². The first-order valence-electron chi connectivity index (χ1n) is 11.3. The summed E-state index contributed by atoms with van der Waals surface area (Å²) in [5.41, 5.74) is 6.77. The van der Waals surface area contributed by atoms with Crippen LogP contribution in [-0.2, 0) is 16.0 Å². The largest absolute Gasteiger partial charge is 0.492 e. The molecule has 0 atom stereocenters. The first-order valence-corrected chi connectivity index (χ1v) is 11.3. The third-order valence-corrected chi connectivity index (χ3v) is 5.36. The molecule has 2 saturated heterocycles. The van der Waals surface area contributed by atoms with Gasteiger partial charge in [-0.2, -0.15) is 0 Å². The molecule has 9 heteroatoms. The predicted octanol–water partition coefficient (Wildman–Crippen LogP) is 1.77. The van der Waals surface area contributed by atoms with E-state index in [2.05, 4.69) is 9.89 Å². The van der Waals surface area contributed by atoms with Crippen LogP contribution < -0.4 is 10.5 Å². The first kappa shape index (κ1) is 24.1. The van der Waals surface area contributed by atoms with E-state index in [0.29, 0.717) is 45.3 Å². The standard InChI is InChI=1S/C23H37N5O4/c1-23(2,3)32-22(29)28-9-7-27(8-10-28)21(24)25-18-19-5-4-6-20(17-19)31-16-13-26-11-14-30-15-12-26/h4-6,17H,7-16,18H2,1-3H3,(H2,24,25). The second-order valence-electron chi connectivity index (χ2n) is 9.08. The number of rotatable bonds is 6. The fraction of sp³-hybridized carbons (Fsp3) is 0.652. The van der Waals surface area contributed by atoms with Gasteiger partial charge in [0.2, 0.25) is 0 Å². The number of carbonyl (C=O) groups excluding carboxylic acids is 1. The zero-order valence-electron chi connectivity index (χ0n) is 19.6. The Hall–Kier alpha value is -2.52. The number of nitrogens with two attached hydrogens (primary N) is 1. The van der Waals surface area contributed by atoms with Crippen molar-refractivity contribution >= 4 is 12.1 Å². The molecule has 1 amide bonds. The maximum absolute atomic E-state index is 12.2. The number of benzene rings is 1. The average molecular weight is 448 g/mol. The highest BCUT2D eigenvalue weighted by molar-refractivity contribution is 5.78. The highest BCUT2D eigenvalue weighted by atomic mass is 16.6. The summed E-state index contributed by atoms with van der Waals surface area (Å²) >= 11 is 0. The number of piperazine rings is 1. The molecule has 2 heterocycles. The van der Waals surface area contributed by atoms with Gasteiger partial charge in [0.05, 0.1) is 19.8 Å². The van der Waals surface area contributed by atoms with Crippen LogP contribution in [0.15, 0.2) is 29.3 Å². The SMILES string of the molecule is CC(C)(C)OC(=O)N1CCN(C(N)=NCc2cccc(OCCN3CCOCC3)c2)CC1. The zero-order valence-corrected chi connectivity index (χ0v) is 19.6. The number of hydrogen-bond acceptors (Lipinski definition) is 6. The van der Waals surface area contributed by atoms with Crippen LogP contribution in [0, 0.1) is 0 Å². The summed E-state index contributed by atoms with van der Waals surface area (Å²) in [6.07, 6.45) is -0.280. The zero-order chi connectivity index (χ0) is 23.0. The van der Waals surface area contributed by atoms with Crippen LogP contribution in [0.3, 0.4) is 0 Å². The van der Waals surface area contributed by atoms with Crippen LogP contribution in [-0.4, -0.2) is 98.0 Å². The Bertz CT molecular complexity index is 766. The fourth-order valence-corrected chi connectivity index (χ4v) is 3.57. The van der Waals surface area contributed by atoms with Gasteiger partial charge in [-0.1, -0.05) is 12.1 Å². The van der Waals surface area contributed by atoms with E-state index >= 15 is 0 Å². The highest BCUT2D eigenvalue weighted by Gasteiger charge is 2.26. The molecule has 1 aromatic rings. The topological polar surface area (TPSA) is 92.9 Å². The van der Waals surface area contributed by atoms with E-state index in [1.54, 1.807) is 4.90 Å². The Morgan fingerprint density at radius 2 is 1.78 bits per heavy atom. The van der Waals surface area contributed by atoms with Gasteiger partial charge in [0.15, 0.2) is 5.96 Å². The minimum absolute atomic E-state index is 0.280. The van der Waals surface area contributed by atoms with Gasteiger partial charge in [-0.05, 0) is 38.5 Å². The second kappa shape index (κ2) is 11.4. The summed E-state index contributed by atoms with van der Waals surface area (Å²) in [5, 5.41) is 0. The minimum Gasteiger partial charge on any atom is -0.492 e. The van der Waals surface area contributed by atoms with E-state index < -0.39 is 5.60 Å². The predicted molar refractivity (Wildman–Crippen MR) is 124 cm³/mol. The van der Waals surface area contributed by atoms with E-state index in [4.69, 9.17) is 19.9 Å². The van der Waals surface area contributed by atoms with Gasteiger partial charge in [-0.25, -0.2) is 9.79 Å². The van der Waals surface area contributed by atoms with E-state index in [0.717, 1.165) is 44.2 Å². The number of ether oxygens (including phenoxy) is 3. The maximum Gasteiger partial charge on any atom is 0.410 e. The molecule has 2 fully saturated rings. The van der Waals surface area contributed by atoms with Crippen molar-refractivity contribution in [3.8, 4) is 5.75 Å². The molecule has 9 nitrogen and oxygen atoms in total. The van der Waals surface area contributed by atoms with Crippen LogP contribution in [0.2, 0.25) is 0 Å². The Morgan fingerprint density at radius 3 is 2.47 bits per heavy atom. The first-order chi connectivity index (χ1) is 15.3. The molecule has 178 valence electrons. The molecule has 2 N–H and O–H groups in total. The van der Waals surface area contributed by atoms with Gasteiger partial charge in [-0.3, -0.25) is 4.90 Å². The normalized spacial score (nSPS) is 18.5. The van der Waals surface area contributed by atoms with Crippen molar-refractivity contribution in [3.05, 3.63) is 29.8 Å². The van der Waals surface area contributed by atoms with Gasteiger partial charge in [0.1, 0.15) is 18.0 Å². The van der Waals surface area contributed by atoms with E-state index in [9.17, 15) is 4.79 Å². The lowest BCUT2D eigenvalue weighted by atomic mass is 10.2. The highest BCUT2D eigenvalue weighted by Crippen LogP contribution is 2.15. The molecule has 2 aliphatic heterocycles. The smallest absolute Gasteiger partial charge is 0.410 e. The van der Waals surface area contributed by atoms with Gasteiger partial charge in [-0.15, -0.1) is 0 Å². The van der Waals surface area contributed by atoms with Crippen molar-refractivity contribution < 1.29 is 19.0 Å². The summed E-state index contributed by atoms with van der Waals surface area (Å²) < 4.78 is 16.7. The van der Waals surface area contributed by atoms with E-state index in [-0.39, 0.29) is 6.09 Å². The molecule has 0 radical (unpaired) electrons. The van der Waals surface area contributed by atoms with Crippen LogP contribution >= 0.6 is 0 Å². The van der Waals surface area contributed by atoms with Crippen LogP contribution in [0.25, 0.3) is 0 Å². The van der Waals surface area contributed by atoms with Gasteiger partial charge >= 0.3 is 6.09 Å². The molecule has 2 aliphatic rings. The molecule has 0 spiro atoms. The molecule has 0 saturated carbocycles. The van der Waals surface area contributed by atoms with E-state index in [1.807, 2.05) is 49.9 Å². The Kier molecular flexibility index (Phi) is 8.58. The van der Waals surface area contributed by atoms with Crippen molar-refractivity contribution in [3.63, 3.8) is 0 Å². The van der Waals surface area contributed by atoms with Crippen molar-refractivity contribution in [2.75, 3.05) is 65.6 Å². The molecule has 0 aromatic heterocycles. The Morgan fingerprint density at radius 1 is 1.09 bits per heavy atom. The van der Waals surface area contributed by atoms with E-state index in [1.165, 1.54) is 0 Å². The maximum atomic E-state index is 12.2. The molecular weight excluding hydrogens is 410 g/mol. The number of hydrogen-bond donors (Lipinski definition) is 1. The molecule has 0 aliphatic carbocycles. The summed E-state index contributed by atoms with van der Waals surface area (Å²) in [6.45, 7) is 13.6. The molecule has 3 rings (SSSR count). The van der Waals surface area contributed by atoms with Crippen molar-refractivity contribution in [2.24, 2.45) is 10.7 Å². The quantitative estimate of drug-likeness (QED) is 0.525. The van der Waals surface area contributed by atoms with Crippen molar-refractivity contribution in [2.45, 2.75) is 32.9 Å². The molecule has 0 bridgehead atoms. The van der Waals surface area contributed by atoms with Gasteiger partial charge in [0, 0.05) is 45.8 Å². The number of carbonyl (C=O) groups is 1. The molecule has 1 aromatic carbocycles. The Labute approximate surface area is 191 Å².